The third-order valence-corrected chi connectivity index (χ3v) is 6.48. The molecule has 148 valence electrons. The lowest BCUT2D eigenvalue weighted by Crippen LogP contribution is -2.55. The van der Waals surface area contributed by atoms with Crippen molar-refractivity contribution in [3.05, 3.63) is 70.2 Å². The quantitative estimate of drug-likeness (QED) is 0.778. The van der Waals surface area contributed by atoms with Crippen molar-refractivity contribution in [2.45, 2.75) is 30.6 Å². The van der Waals surface area contributed by atoms with E-state index < -0.39 is 22.7 Å². The molecule has 1 aliphatic carbocycles. The summed E-state index contributed by atoms with van der Waals surface area (Å²) in [6.45, 7) is 0.962. The highest BCUT2D eigenvalue weighted by atomic mass is 35.5. The number of halogens is 4. The molecule has 2 heterocycles. The average Bonchev–Trinajstić information content (AvgIpc) is 3.11. The van der Waals surface area contributed by atoms with Gasteiger partial charge in [0.15, 0.2) is 0 Å². The first kappa shape index (κ1) is 19.3. The molecule has 3 aliphatic rings. The number of nitrogens with zero attached hydrogens (tertiary/aromatic N) is 1. The number of fused-ring (bicyclic) bond motifs is 1. The Labute approximate surface area is 166 Å². The standard InChI is InChI=1S/C21H20ClF3N2O/c1-27-12-13-10-20(27,11-13)18(14-6-3-2-4-7-14)26-19(28)15-8-5-9-16(17(15)22)21(23,24)25/h2-9,13,18H,10-12H2,1H3,(H,26,28). The topological polar surface area (TPSA) is 32.3 Å². The second-order valence-electron chi connectivity index (χ2n) is 7.74. The molecular formula is C21H20ClF3N2O. The van der Waals surface area contributed by atoms with Gasteiger partial charge in [0.2, 0.25) is 0 Å². The molecule has 1 atom stereocenters. The Bertz CT molecular complexity index is 894. The predicted molar refractivity (Wildman–Crippen MR) is 101 cm³/mol. The summed E-state index contributed by atoms with van der Waals surface area (Å²) < 4.78 is 39.5. The van der Waals surface area contributed by atoms with Gasteiger partial charge in [-0.05, 0) is 43.5 Å². The number of benzene rings is 2. The maximum atomic E-state index is 13.2. The van der Waals surface area contributed by atoms with E-state index in [1.807, 2.05) is 37.4 Å². The van der Waals surface area contributed by atoms with Crippen molar-refractivity contribution in [2.24, 2.45) is 5.92 Å². The highest BCUT2D eigenvalue weighted by Gasteiger charge is 2.59. The first-order chi connectivity index (χ1) is 13.2. The van der Waals surface area contributed by atoms with Crippen molar-refractivity contribution >= 4 is 17.5 Å². The van der Waals surface area contributed by atoms with E-state index in [4.69, 9.17) is 11.6 Å². The maximum absolute atomic E-state index is 13.2. The van der Waals surface area contributed by atoms with Gasteiger partial charge in [-0.25, -0.2) is 0 Å². The number of carbonyl (C=O) groups is 1. The third-order valence-electron chi connectivity index (χ3n) is 6.07. The summed E-state index contributed by atoms with van der Waals surface area (Å²) in [6, 6.07) is 12.7. The molecule has 2 aromatic carbocycles. The van der Waals surface area contributed by atoms with Crippen LogP contribution in [0.1, 0.15) is 40.4 Å². The molecule has 2 aliphatic heterocycles. The highest BCUT2D eigenvalue weighted by molar-refractivity contribution is 6.34. The number of likely N-dealkylation sites (N-methyl/N-ethyl adjacent to an activating group) is 1. The summed E-state index contributed by atoms with van der Waals surface area (Å²) in [5.41, 5.74) is -0.440. The lowest BCUT2D eigenvalue weighted by Gasteiger charge is -2.47. The molecule has 7 heteroatoms. The average molecular weight is 409 g/mol. The van der Waals surface area contributed by atoms with Crippen LogP contribution < -0.4 is 5.32 Å². The molecule has 2 bridgehead atoms. The van der Waals surface area contributed by atoms with Crippen LogP contribution in [0.25, 0.3) is 0 Å². The van der Waals surface area contributed by atoms with Gasteiger partial charge in [-0.15, -0.1) is 0 Å². The summed E-state index contributed by atoms with van der Waals surface area (Å²) in [6.07, 6.45) is -2.70. The molecular weight excluding hydrogens is 389 g/mol. The molecule has 3 nitrogen and oxygen atoms in total. The van der Waals surface area contributed by atoms with E-state index in [1.165, 1.54) is 12.1 Å². The summed E-state index contributed by atoms with van der Waals surface area (Å²) in [5.74, 6) is 0.00772. The van der Waals surface area contributed by atoms with Crippen LogP contribution in [0.4, 0.5) is 13.2 Å². The molecule has 2 aromatic rings. The molecule has 5 rings (SSSR count). The number of alkyl halides is 3. The van der Waals surface area contributed by atoms with Crippen LogP contribution in [0.3, 0.4) is 0 Å². The number of nitrogens with one attached hydrogen (secondary N) is 1. The van der Waals surface area contributed by atoms with Gasteiger partial charge in [0.05, 0.1) is 22.2 Å². The largest absolute Gasteiger partial charge is 0.417 e. The van der Waals surface area contributed by atoms with Crippen LogP contribution in [0.2, 0.25) is 5.02 Å². The fourth-order valence-electron chi connectivity index (χ4n) is 4.71. The van der Waals surface area contributed by atoms with Crippen molar-refractivity contribution in [3.8, 4) is 0 Å². The molecule has 2 saturated heterocycles. The van der Waals surface area contributed by atoms with E-state index in [2.05, 4.69) is 10.2 Å². The fourth-order valence-corrected chi connectivity index (χ4v) is 5.03. The first-order valence-electron chi connectivity index (χ1n) is 9.15. The minimum Gasteiger partial charge on any atom is -0.343 e. The second kappa shape index (κ2) is 6.78. The zero-order valence-electron chi connectivity index (χ0n) is 15.3. The fraction of sp³-hybridized carbons (Fsp3) is 0.381. The van der Waals surface area contributed by atoms with Crippen LogP contribution in [0, 0.1) is 5.92 Å². The molecule has 0 radical (unpaired) electrons. The van der Waals surface area contributed by atoms with E-state index in [9.17, 15) is 18.0 Å². The lowest BCUT2D eigenvalue weighted by atomic mass is 9.67. The lowest BCUT2D eigenvalue weighted by molar-refractivity contribution is -0.137. The van der Waals surface area contributed by atoms with Crippen molar-refractivity contribution in [2.75, 3.05) is 13.6 Å². The van der Waals surface area contributed by atoms with Gasteiger partial charge in [-0.2, -0.15) is 13.2 Å². The highest BCUT2D eigenvalue weighted by Crippen LogP contribution is 2.55. The Kier molecular flexibility index (Phi) is 4.67. The number of amides is 1. The van der Waals surface area contributed by atoms with E-state index in [1.54, 1.807) is 0 Å². The molecule has 1 unspecified atom stereocenters. The van der Waals surface area contributed by atoms with Crippen molar-refractivity contribution in [3.63, 3.8) is 0 Å². The second-order valence-corrected chi connectivity index (χ2v) is 8.12. The third kappa shape index (κ3) is 3.08. The van der Waals surface area contributed by atoms with Crippen LogP contribution in [-0.2, 0) is 6.18 Å². The summed E-state index contributed by atoms with van der Waals surface area (Å²) in [5, 5.41) is 2.42. The summed E-state index contributed by atoms with van der Waals surface area (Å²) in [4.78, 5) is 15.2. The van der Waals surface area contributed by atoms with Gasteiger partial charge in [0, 0.05) is 12.1 Å². The van der Waals surface area contributed by atoms with E-state index in [0.29, 0.717) is 5.92 Å². The molecule has 3 fully saturated rings. The Morgan fingerprint density at radius 2 is 1.86 bits per heavy atom. The molecule has 0 spiro atoms. The van der Waals surface area contributed by atoms with Gasteiger partial charge < -0.3 is 5.32 Å². The first-order valence-corrected chi connectivity index (χ1v) is 9.53. The zero-order chi connectivity index (χ0) is 20.1. The van der Waals surface area contributed by atoms with Crippen LogP contribution in [-0.4, -0.2) is 29.9 Å². The predicted octanol–water partition coefficient (Wildman–Crippen LogP) is 4.92. The van der Waals surface area contributed by atoms with Crippen LogP contribution >= 0.6 is 11.6 Å². The van der Waals surface area contributed by atoms with Gasteiger partial charge in [-0.1, -0.05) is 48.0 Å². The van der Waals surface area contributed by atoms with Gasteiger partial charge in [0.1, 0.15) is 0 Å². The molecule has 1 saturated carbocycles. The number of hydrogen-bond donors (Lipinski definition) is 1. The minimum atomic E-state index is -4.61. The molecule has 1 amide bonds. The number of rotatable bonds is 4. The van der Waals surface area contributed by atoms with E-state index in [0.717, 1.165) is 31.0 Å². The molecule has 0 aromatic heterocycles. The van der Waals surface area contributed by atoms with Crippen LogP contribution in [0.15, 0.2) is 48.5 Å². The van der Waals surface area contributed by atoms with E-state index >= 15 is 0 Å². The normalized spacial score (nSPS) is 25.2. The summed E-state index contributed by atoms with van der Waals surface area (Å²) in [7, 11) is 2.03. The van der Waals surface area contributed by atoms with Crippen molar-refractivity contribution < 1.29 is 18.0 Å². The Morgan fingerprint density at radius 1 is 1.18 bits per heavy atom. The Hall–Kier alpha value is -2.05. The monoisotopic (exact) mass is 408 g/mol. The van der Waals surface area contributed by atoms with Crippen molar-refractivity contribution in [1.82, 2.24) is 10.2 Å². The number of hydrogen-bond acceptors (Lipinski definition) is 2. The maximum Gasteiger partial charge on any atom is 0.417 e. The Balaban J connectivity index is 1.68. The molecule has 1 N–H and O–H groups in total. The number of carbonyl (C=O) groups excluding carboxylic acids is 1. The van der Waals surface area contributed by atoms with Gasteiger partial charge in [-0.3, -0.25) is 9.69 Å². The van der Waals surface area contributed by atoms with Crippen LogP contribution in [0.5, 0.6) is 0 Å². The van der Waals surface area contributed by atoms with Gasteiger partial charge in [0.25, 0.3) is 5.91 Å². The SMILES string of the molecule is CN1CC2CC1(C(NC(=O)c1cccc(C(F)(F)F)c1Cl)c1ccccc1)C2. The minimum absolute atomic E-state index is 0.162. The molecule has 28 heavy (non-hydrogen) atoms. The zero-order valence-corrected chi connectivity index (χ0v) is 16.0. The smallest absolute Gasteiger partial charge is 0.343 e. The van der Waals surface area contributed by atoms with Gasteiger partial charge >= 0.3 is 6.18 Å². The van der Waals surface area contributed by atoms with E-state index in [-0.39, 0.29) is 17.1 Å². The Morgan fingerprint density at radius 3 is 2.43 bits per heavy atom. The van der Waals surface area contributed by atoms with Crippen molar-refractivity contribution in [1.29, 1.82) is 0 Å². The summed E-state index contributed by atoms with van der Waals surface area (Å²) >= 11 is 5.96.